The van der Waals surface area contributed by atoms with Crippen LogP contribution in [0.5, 0.6) is 5.75 Å². The molecule has 0 aromatic heterocycles. The van der Waals surface area contributed by atoms with Crippen molar-refractivity contribution in [3.63, 3.8) is 0 Å². The van der Waals surface area contributed by atoms with Crippen molar-refractivity contribution in [2.45, 2.75) is 10.6 Å². The first-order valence-corrected chi connectivity index (χ1v) is 7.77. The van der Waals surface area contributed by atoms with E-state index in [1.807, 2.05) is 42.5 Å². The second kappa shape index (κ2) is 6.21. The van der Waals surface area contributed by atoms with Gasteiger partial charge in [-0.25, -0.2) is 0 Å². The first kappa shape index (κ1) is 14.1. The summed E-state index contributed by atoms with van der Waals surface area (Å²) in [5, 5.41) is 0. The van der Waals surface area contributed by atoms with Crippen LogP contribution in [0.3, 0.4) is 0 Å². The molecule has 0 heterocycles. The molecular weight excluding hydrogens is 326 g/mol. The lowest BCUT2D eigenvalue weighted by molar-refractivity contribution is 0.404. The molecular formula is C14H14BrNO2S. The number of hydrogen-bond donors (Lipinski definition) is 1. The summed E-state index contributed by atoms with van der Waals surface area (Å²) in [6, 6.07) is 12.9. The first-order chi connectivity index (χ1) is 9.10. The van der Waals surface area contributed by atoms with E-state index < -0.39 is 10.8 Å². The van der Waals surface area contributed by atoms with E-state index in [9.17, 15) is 4.21 Å². The molecule has 0 saturated carbocycles. The van der Waals surface area contributed by atoms with Gasteiger partial charge in [-0.15, -0.1) is 0 Å². The largest absolute Gasteiger partial charge is 0.495 e. The van der Waals surface area contributed by atoms with Gasteiger partial charge in [0, 0.05) is 10.2 Å². The molecule has 0 fully saturated rings. The van der Waals surface area contributed by atoms with E-state index in [1.54, 1.807) is 7.11 Å². The van der Waals surface area contributed by atoms with Gasteiger partial charge in [0.05, 0.1) is 28.6 Å². The van der Waals surface area contributed by atoms with Gasteiger partial charge in [-0.05, 0) is 35.9 Å². The second-order valence-electron chi connectivity index (χ2n) is 4.03. The van der Waals surface area contributed by atoms with Gasteiger partial charge in [0.25, 0.3) is 0 Å². The lowest BCUT2D eigenvalue weighted by atomic mass is 10.2. The van der Waals surface area contributed by atoms with Crippen LogP contribution in [-0.2, 0) is 16.6 Å². The van der Waals surface area contributed by atoms with Crippen LogP contribution in [0.2, 0.25) is 0 Å². The van der Waals surface area contributed by atoms with Gasteiger partial charge in [0.15, 0.2) is 0 Å². The summed E-state index contributed by atoms with van der Waals surface area (Å²) in [6.07, 6.45) is 0. The molecule has 1 unspecified atom stereocenters. The normalized spacial score (nSPS) is 12.1. The Morgan fingerprint density at radius 3 is 2.68 bits per heavy atom. The third kappa shape index (κ3) is 3.58. The predicted octanol–water partition coefficient (Wildman–Crippen LogP) is 3.35. The van der Waals surface area contributed by atoms with E-state index >= 15 is 0 Å². The highest BCUT2D eigenvalue weighted by atomic mass is 79.9. The smallest absolute Gasteiger partial charge is 0.134 e. The highest BCUT2D eigenvalue weighted by Crippen LogP contribution is 2.25. The number of methoxy groups -OCH3 is 1. The van der Waals surface area contributed by atoms with Gasteiger partial charge in [0.2, 0.25) is 0 Å². The molecule has 0 amide bonds. The molecule has 0 saturated heterocycles. The van der Waals surface area contributed by atoms with Crippen molar-refractivity contribution >= 4 is 32.4 Å². The van der Waals surface area contributed by atoms with Crippen LogP contribution in [0.25, 0.3) is 0 Å². The Bertz CT molecular complexity index is 596. The van der Waals surface area contributed by atoms with E-state index in [0.29, 0.717) is 22.1 Å². The van der Waals surface area contributed by atoms with E-state index in [1.165, 1.54) is 0 Å². The fourth-order valence-corrected chi connectivity index (χ4v) is 3.58. The molecule has 2 rings (SSSR count). The Morgan fingerprint density at radius 1 is 1.26 bits per heavy atom. The molecule has 5 heteroatoms. The molecule has 0 aliphatic heterocycles. The number of anilines is 1. The van der Waals surface area contributed by atoms with Crippen molar-refractivity contribution in [3.8, 4) is 5.75 Å². The summed E-state index contributed by atoms with van der Waals surface area (Å²) in [5.74, 6) is 1.05. The molecule has 0 radical (unpaired) electrons. The fraction of sp³-hybridized carbons (Fsp3) is 0.143. The van der Waals surface area contributed by atoms with E-state index in [0.717, 1.165) is 10.0 Å². The van der Waals surface area contributed by atoms with Crippen LogP contribution < -0.4 is 10.5 Å². The summed E-state index contributed by atoms with van der Waals surface area (Å²) < 4.78 is 18.5. The molecule has 2 N–H and O–H groups in total. The Kier molecular flexibility index (Phi) is 4.61. The predicted molar refractivity (Wildman–Crippen MR) is 81.7 cm³/mol. The van der Waals surface area contributed by atoms with Crippen LogP contribution in [0.1, 0.15) is 5.56 Å². The zero-order chi connectivity index (χ0) is 13.8. The average molecular weight is 340 g/mol. The Hall–Kier alpha value is -1.33. The summed E-state index contributed by atoms with van der Waals surface area (Å²) in [6.45, 7) is 0. The van der Waals surface area contributed by atoms with Gasteiger partial charge < -0.3 is 10.5 Å². The summed E-state index contributed by atoms with van der Waals surface area (Å²) in [4.78, 5) is 0.698. The van der Waals surface area contributed by atoms with Crippen molar-refractivity contribution < 1.29 is 8.95 Å². The lowest BCUT2D eigenvalue weighted by Crippen LogP contribution is -2.00. The molecule has 1 atom stereocenters. The number of nitrogen functional groups attached to an aromatic ring is 1. The fourth-order valence-electron chi connectivity index (χ4n) is 1.79. The molecule has 19 heavy (non-hydrogen) atoms. The third-order valence-electron chi connectivity index (χ3n) is 2.59. The minimum absolute atomic E-state index is 0.407. The number of halogens is 1. The molecule has 2 aromatic carbocycles. The number of benzene rings is 2. The molecule has 0 aliphatic carbocycles. The molecule has 0 spiro atoms. The van der Waals surface area contributed by atoms with Gasteiger partial charge in [-0.2, -0.15) is 0 Å². The van der Waals surface area contributed by atoms with Crippen molar-refractivity contribution in [2.75, 3.05) is 12.8 Å². The third-order valence-corrected chi connectivity index (χ3v) is 4.47. The van der Waals surface area contributed by atoms with Gasteiger partial charge in [-0.3, -0.25) is 4.21 Å². The quantitative estimate of drug-likeness (QED) is 0.869. The standard InChI is InChI=1S/C14H14BrNO2S/c1-18-13-4-2-3-5-14(13)19(17)9-10-6-11(15)8-12(16)7-10/h2-8H,9,16H2,1H3. The van der Waals surface area contributed by atoms with Crippen LogP contribution in [0.4, 0.5) is 5.69 Å². The van der Waals surface area contributed by atoms with E-state index in [4.69, 9.17) is 10.5 Å². The highest BCUT2D eigenvalue weighted by Gasteiger charge is 2.11. The summed E-state index contributed by atoms with van der Waals surface area (Å²) in [7, 11) is 0.413. The zero-order valence-corrected chi connectivity index (χ0v) is 12.8. The van der Waals surface area contributed by atoms with Crippen molar-refractivity contribution in [1.29, 1.82) is 0 Å². The Morgan fingerprint density at radius 2 is 2.00 bits per heavy atom. The topological polar surface area (TPSA) is 52.3 Å². The first-order valence-electron chi connectivity index (χ1n) is 5.66. The van der Waals surface area contributed by atoms with Crippen molar-refractivity contribution in [3.05, 3.63) is 52.5 Å². The Labute approximate surface area is 123 Å². The molecule has 100 valence electrons. The second-order valence-corrected chi connectivity index (χ2v) is 6.37. The number of hydrogen-bond acceptors (Lipinski definition) is 3. The average Bonchev–Trinajstić information content (AvgIpc) is 2.37. The molecule has 0 bridgehead atoms. The summed E-state index contributed by atoms with van der Waals surface area (Å²) >= 11 is 3.38. The van der Waals surface area contributed by atoms with Crippen LogP contribution >= 0.6 is 15.9 Å². The van der Waals surface area contributed by atoms with E-state index in [2.05, 4.69) is 15.9 Å². The Balaban J connectivity index is 2.25. The monoisotopic (exact) mass is 339 g/mol. The SMILES string of the molecule is COc1ccccc1S(=O)Cc1cc(N)cc(Br)c1. The minimum atomic E-state index is -1.16. The lowest BCUT2D eigenvalue weighted by Gasteiger charge is -2.08. The minimum Gasteiger partial charge on any atom is -0.495 e. The van der Waals surface area contributed by atoms with Gasteiger partial charge in [-0.1, -0.05) is 28.1 Å². The number of rotatable bonds is 4. The van der Waals surface area contributed by atoms with E-state index in [-0.39, 0.29) is 0 Å². The van der Waals surface area contributed by atoms with Gasteiger partial charge >= 0.3 is 0 Å². The highest BCUT2D eigenvalue weighted by molar-refractivity contribution is 9.10. The van der Waals surface area contributed by atoms with Gasteiger partial charge in [0.1, 0.15) is 5.75 Å². The maximum Gasteiger partial charge on any atom is 0.134 e. The number of nitrogens with two attached hydrogens (primary N) is 1. The van der Waals surface area contributed by atoms with Crippen molar-refractivity contribution in [2.24, 2.45) is 0 Å². The molecule has 3 nitrogen and oxygen atoms in total. The number of para-hydroxylation sites is 1. The van der Waals surface area contributed by atoms with Crippen LogP contribution in [0, 0.1) is 0 Å². The maximum atomic E-state index is 12.4. The molecule has 2 aromatic rings. The maximum absolute atomic E-state index is 12.4. The summed E-state index contributed by atoms with van der Waals surface area (Å²) in [5.41, 5.74) is 7.36. The number of ether oxygens (including phenoxy) is 1. The van der Waals surface area contributed by atoms with Crippen LogP contribution in [-0.4, -0.2) is 11.3 Å². The molecule has 0 aliphatic rings. The van der Waals surface area contributed by atoms with Crippen molar-refractivity contribution in [1.82, 2.24) is 0 Å². The van der Waals surface area contributed by atoms with Crippen LogP contribution in [0.15, 0.2) is 51.8 Å². The zero-order valence-electron chi connectivity index (χ0n) is 10.4.